The Morgan fingerprint density at radius 2 is 0.889 bits per heavy atom. The van der Waals surface area contributed by atoms with E-state index in [-0.39, 0.29) is 0 Å². The van der Waals surface area contributed by atoms with Crippen LogP contribution >= 0.6 is 0 Å². The molecule has 0 radical (unpaired) electrons. The van der Waals surface area contributed by atoms with E-state index in [0.717, 1.165) is 58.4 Å². The van der Waals surface area contributed by atoms with Gasteiger partial charge in [0.25, 0.3) is 0 Å². The van der Waals surface area contributed by atoms with Gasteiger partial charge >= 0.3 is 0 Å². The van der Waals surface area contributed by atoms with Crippen LogP contribution in [0.25, 0.3) is 21.5 Å². The van der Waals surface area contributed by atoms with Gasteiger partial charge in [-0.25, -0.2) is 0 Å². The maximum Gasteiger partial charge on any atom is 0.230 e. The molecule has 4 aromatic carbocycles. The lowest BCUT2D eigenvalue weighted by molar-refractivity contribution is -0.133. The molecule has 4 N–H and O–H groups in total. The lowest BCUT2D eigenvalue weighted by Crippen LogP contribution is -2.49. The number of carbonyl (C=O) groups is 2. The van der Waals surface area contributed by atoms with Gasteiger partial charge in [-0.3, -0.25) is 9.59 Å². The van der Waals surface area contributed by atoms with Crippen molar-refractivity contribution < 1.29 is 19.8 Å². The third kappa shape index (κ3) is 7.92. The zero-order chi connectivity index (χ0) is 32.5. The molecule has 0 spiro atoms. The highest BCUT2D eigenvalue weighted by Crippen LogP contribution is 2.39. The Labute approximate surface area is 268 Å². The summed E-state index contributed by atoms with van der Waals surface area (Å²) in [6, 6.07) is 26.3. The fraction of sp³-hybridized carbons (Fsp3) is 0.436. The molecule has 4 rings (SSSR count). The number of rotatable bonds is 16. The maximum absolute atomic E-state index is 13.7. The van der Waals surface area contributed by atoms with E-state index < -0.39 is 41.5 Å². The lowest BCUT2D eigenvalue weighted by Gasteiger charge is -2.38. The van der Waals surface area contributed by atoms with Gasteiger partial charge in [-0.05, 0) is 58.4 Å². The average Bonchev–Trinajstić information content (AvgIpc) is 3.02. The van der Waals surface area contributed by atoms with Crippen LogP contribution in [0.4, 0.5) is 0 Å². The summed E-state index contributed by atoms with van der Waals surface area (Å²) in [7, 11) is 0. The zero-order valence-electron chi connectivity index (χ0n) is 27.3. The molecule has 0 heterocycles. The van der Waals surface area contributed by atoms with Gasteiger partial charge in [0.1, 0.15) is 6.42 Å². The van der Waals surface area contributed by atoms with Crippen molar-refractivity contribution in [2.45, 2.75) is 109 Å². The van der Waals surface area contributed by atoms with Crippen LogP contribution < -0.4 is 10.6 Å². The van der Waals surface area contributed by atoms with E-state index in [1.807, 2.05) is 113 Å². The first-order valence-corrected chi connectivity index (χ1v) is 16.7. The van der Waals surface area contributed by atoms with Crippen LogP contribution in [-0.4, -0.2) is 33.2 Å². The Bertz CT molecular complexity index is 1440. The minimum atomic E-state index is -1.19. The largest absolute Gasteiger partial charge is 0.387 e. The molecular formula is C39H50N2O4. The summed E-state index contributed by atoms with van der Waals surface area (Å²) in [5.74, 6) is -0.940. The molecule has 0 saturated heterocycles. The predicted molar refractivity (Wildman–Crippen MR) is 184 cm³/mol. The van der Waals surface area contributed by atoms with Crippen LogP contribution in [0.2, 0.25) is 0 Å². The summed E-state index contributed by atoms with van der Waals surface area (Å²) < 4.78 is 0. The van der Waals surface area contributed by atoms with Crippen LogP contribution in [0.1, 0.15) is 109 Å². The highest BCUT2D eigenvalue weighted by Gasteiger charge is 2.40. The molecule has 2 amide bonds. The summed E-state index contributed by atoms with van der Waals surface area (Å²) in [4.78, 5) is 27.4. The van der Waals surface area contributed by atoms with Crippen LogP contribution in [0, 0.1) is 0 Å². The summed E-state index contributed by atoms with van der Waals surface area (Å²) in [6.07, 6.45) is 4.57. The van der Waals surface area contributed by atoms with E-state index in [9.17, 15) is 19.8 Å². The van der Waals surface area contributed by atoms with Crippen molar-refractivity contribution >= 4 is 33.4 Å². The highest BCUT2D eigenvalue weighted by molar-refractivity contribution is 5.98. The van der Waals surface area contributed by atoms with Crippen molar-refractivity contribution in [2.24, 2.45) is 0 Å². The predicted octanol–water partition coefficient (Wildman–Crippen LogP) is 8.06. The van der Waals surface area contributed by atoms with Gasteiger partial charge in [0.15, 0.2) is 0 Å². The topological polar surface area (TPSA) is 98.7 Å². The summed E-state index contributed by atoms with van der Waals surface area (Å²) in [6.45, 7) is 8.10. The summed E-state index contributed by atoms with van der Waals surface area (Å²) in [5.41, 5.74) is -0.707. The molecule has 2 unspecified atom stereocenters. The fourth-order valence-electron chi connectivity index (χ4n) is 7.14. The number of amides is 2. The number of benzene rings is 4. The number of hydrogen-bond donors (Lipinski definition) is 4. The molecule has 0 aromatic heterocycles. The van der Waals surface area contributed by atoms with Crippen molar-refractivity contribution in [1.29, 1.82) is 0 Å². The lowest BCUT2D eigenvalue weighted by atomic mass is 9.79. The van der Waals surface area contributed by atoms with Crippen molar-refractivity contribution in [3.8, 4) is 0 Å². The Kier molecular flexibility index (Phi) is 11.8. The second-order valence-corrected chi connectivity index (χ2v) is 12.5. The molecular weight excluding hydrogens is 560 g/mol. The fourth-order valence-corrected chi connectivity index (χ4v) is 7.14. The van der Waals surface area contributed by atoms with Gasteiger partial charge in [0.2, 0.25) is 11.8 Å². The monoisotopic (exact) mass is 610 g/mol. The van der Waals surface area contributed by atoms with Crippen molar-refractivity contribution in [2.75, 3.05) is 0 Å². The van der Waals surface area contributed by atoms with Gasteiger partial charge in [-0.15, -0.1) is 0 Å². The van der Waals surface area contributed by atoms with Crippen LogP contribution in [0.15, 0.2) is 84.9 Å². The molecule has 0 aliphatic heterocycles. The standard InChI is InChI=1S/C39H50N2O4/c1-5-23-38(44,24-6-2)36(32-21-13-17-28-15-9-11-19-30(28)32)40-34(42)27-35(43)41-37(39(45,25-7-3)26-8-4)33-22-14-18-29-16-10-12-20-31(29)33/h9-22,36-37,44-45H,5-8,23-27H2,1-4H3,(H,40,42)(H,41,43). The van der Waals surface area contributed by atoms with E-state index in [1.54, 1.807) is 0 Å². The summed E-state index contributed by atoms with van der Waals surface area (Å²) in [5, 5.41) is 34.2. The molecule has 2 atom stereocenters. The highest BCUT2D eigenvalue weighted by atomic mass is 16.3. The van der Waals surface area contributed by atoms with Gasteiger partial charge in [0, 0.05) is 0 Å². The number of aliphatic hydroxyl groups is 2. The Balaban J connectivity index is 1.66. The minimum Gasteiger partial charge on any atom is -0.387 e. The second-order valence-electron chi connectivity index (χ2n) is 12.5. The van der Waals surface area contributed by atoms with Gasteiger partial charge in [-0.1, -0.05) is 138 Å². The first-order valence-electron chi connectivity index (χ1n) is 16.7. The van der Waals surface area contributed by atoms with Gasteiger partial charge < -0.3 is 20.8 Å². The molecule has 0 saturated carbocycles. The van der Waals surface area contributed by atoms with Gasteiger partial charge in [0.05, 0.1) is 23.3 Å². The molecule has 0 bridgehead atoms. The van der Waals surface area contributed by atoms with Crippen LogP contribution in [0.3, 0.4) is 0 Å². The van der Waals surface area contributed by atoms with Crippen molar-refractivity contribution in [3.63, 3.8) is 0 Å². The van der Waals surface area contributed by atoms with Crippen LogP contribution in [-0.2, 0) is 9.59 Å². The number of carbonyl (C=O) groups excluding carboxylic acids is 2. The maximum atomic E-state index is 13.7. The smallest absolute Gasteiger partial charge is 0.230 e. The molecule has 240 valence electrons. The normalized spacial score (nSPS) is 13.5. The van der Waals surface area contributed by atoms with Crippen LogP contribution in [0.5, 0.6) is 0 Å². The number of hydrogen-bond acceptors (Lipinski definition) is 4. The first kappa shape index (κ1) is 34.1. The van der Waals surface area contributed by atoms with E-state index in [1.165, 1.54) is 0 Å². The van der Waals surface area contributed by atoms with Crippen molar-refractivity contribution in [1.82, 2.24) is 10.6 Å². The quantitative estimate of drug-likeness (QED) is 0.0965. The minimum absolute atomic E-state index is 0.425. The van der Waals surface area contributed by atoms with Crippen molar-refractivity contribution in [3.05, 3.63) is 96.1 Å². The molecule has 0 aliphatic rings. The van der Waals surface area contributed by atoms with Gasteiger partial charge in [-0.2, -0.15) is 0 Å². The second kappa shape index (κ2) is 15.5. The Morgan fingerprint density at radius 1 is 0.556 bits per heavy atom. The molecule has 6 nitrogen and oxygen atoms in total. The third-order valence-corrected chi connectivity index (χ3v) is 9.01. The number of fused-ring (bicyclic) bond motifs is 2. The molecule has 0 aliphatic carbocycles. The first-order chi connectivity index (χ1) is 21.7. The molecule has 45 heavy (non-hydrogen) atoms. The van der Waals surface area contributed by atoms with E-state index in [4.69, 9.17) is 0 Å². The number of nitrogens with one attached hydrogen (secondary N) is 2. The van der Waals surface area contributed by atoms with E-state index >= 15 is 0 Å². The summed E-state index contributed by atoms with van der Waals surface area (Å²) >= 11 is 0. The third-order valence-electron chi connectivity index (χ3n) is 9.01. The molecule has 4 aromatic rings. The SMILES string of the molecule is CCCC(O)(CCC)C(NC(=O)CC(=O)NC(c1cccc2ccccc12)C(O)(CCC)CCC)c1cccc2ccccc12. The Morgan fingerprint density at radius 3 is 1.24 bits per heavy atom. The zero-order valence-corrected chi connectivity index (χ0v) is 27.3. The molecule has 0 fully saturated rings. The average molecular weight is 611 g/mol. The molecule has 6 heteroatoms. The Hall–Kier alpha value is -3.74. The van der Waals surface area contributed by atoms with E-state index in [2.05, 4.69) is 10.6 Å². The van der Waals surface area contributed by atoms with E-state index in [0.29, 0.717) is 25.7 Å².